The number of rotatable bonds is 4. The number of hydrogen-bond acceptors (Lipinski definition) is 4. The van der Waals surface area contributed by atoms with Gasteiger partial charge in [0.05, 0.1) is 22.9 Å². The Labute approximate surface area is 213 Å². The average Bonchev–Trinajstić information content (AvgIpc) is 3.31. The third kappa shape index (κ3) is 4.92. The van der Waals surface area contributed by atoms with Crippen molar-refractivity contribution in [3.63, 3.8) is 0 Å². The highest BCUT2D eigenvalue weighted by Gasteiger charge is 2.33. The van der Waals surface area contributed by atoms with E-state index >= 15 is 4.39 Å². The van der Waals surface area contributed by atoms with Crippen LogP contribution in [0.25, 0.3) is 10.9 Å². The number of nitrogens with one attached hydrogen (secondary N) is 3. The van der Waals surface area contributed by atoms with E-state index in [0.717, 1.165) is 29.1 Å². The predicted molar refractivity (Wildman–Crippen MR) is 133 cm³/mol. The number of hydrogen-bond donors (Lipinski definition) is 3. The first-order valence-electron chi connectivity index (χ1n) is 11.0. The average molecular weight is 528 g/mol. The van der Waals surface area contributed by atoms with Crippen molar-refractivity contribution in [2.45, 2.75) is 19.1 Å². The summed E-state index contributed by atoms with van der Waals surface area (Å²) in [5.74, 6) is -1.00. The van der Waals surface area contributed by atoms with Gasteiger partial charge in [0, 0.05) is 32.9 Å². The summed E-state index contributed by atoms with van der Waals surface area (Å²) >= 11 is 5.93. The summed E-state index contributed by atoms with van der Waals surface area (Å²) in [6.07, 6.45) is -2.87. The molecule has 1 aliphatic heterocycles. The highest BCUT2D eigenvalue weighted by molar-refractivity contribution is 6.30. The number of benzene rings is 3. The number of carbonyl (C=O) groups excluding carboxylic acids is 1. The van der Waals surface area contributed by atoms with Crippen LogP contribution in [0.3, 0.4) is 0 Å². The zero-order valence-corrected chi connectivity index (χ0v) is 19.9. The Balaban J connectivity index is 1.53. The number of nitrogens with zero attached hydrogens (tertiary/aromatic N) is 2. The molecule has 2 heterocycles. The lowest BCUT2D eigenvalue weighted by Crippen LogP contribution is -2.34. The Morgan fingerprint density at radius 2 is 1.81 bits per heavy atom. The summed E-state index contributed by atoms with van der Waals surface area (Å²) in [4.78, 5) is 18.0. The molecule has 0 aliphatic carbocycles. The monoisotopic (exact) mass is 527 g/mol. The maximum atomic E-state index is 15.0. The maximum absolute atomic E-state index is 15.0. The number of amides is 1. The van der Waals surface area contributed by atoms with Crippen LogP contribution in [0.2, 0.25) is 5.02 Å². The molecule has 0 saturated heterocycles. The van der Waals surface area contributed by atoms with E-state index in [1.54, 1.807) is 31.3 Å². The summed E-state index contributed by atoms with van der Waals surface area (Å²) in [6.45, 7) is 1.62. The second-order valence-electron chi connectivity index (χ2n) is 8.41. The molecule has 11 heteroatoms. The fraction of sp³-hybridized carbons (Fsp3) is 0.115. The Morgan fingerprint density at radius 1 is 1.05 bits per heavy atom. The van der Waals surface area contributed by atoms with Gasteiger partial charge in [-0.25, -0.2) is 4.39 Å². The number of aliphatic imine (C=N–C) groups is 1. The van der Waals surface area contributed by atoms with Crippen LogP contribution >= 0.6 is 11.6 Å². The molecule has 1 amide bonds. The zero-order chi connectivity index (χ0) is 26.3. The fourth-order valence-electron chi connectivity index (χ4n) is 4.10. The van der Waals surface area contributed by atoms with E-state index in [1.165, 1.54) is 24.3 Å². The van der Waals surface area contributed by atoms with Gasteiger partial charge in [-0.2, -0.15) is 18.3 Å². The molecular formula is C26H18ClF4N5O. The van der Waals surface area contributed by atoms with Crippen molar-refractivity contribution in [3.05, 3.63) is 106 Å². The van der Waals surface area contributed by atoms with E-state index in [4.69, 9.17) is 11.6 Å². The molecule has 5 rings (SSSR count). The summed E-state index contributed by atoms with van der Waals surface area (Å²) in [5.41, 5.74) is 1.42. The second-order valence-corrected chi connectivity index (χ2v) is 8.85. The molecule has 0 fully saturated rings. The first kappa shape index (κ1) is 24.5. The van der Waals surface area contributed by atoms with Crippen LogP contribution in [0.15, 0.2) is 83.1 Å². The molecule has 0 spiro atoms. The van der Waals surface area contributed by atoms with E-state index in [2.05, 4.69) is 25.8 Å². The number of carbonyl (C=O) groups is 1. The number of anilines is 1. The van der Waals surface area contributed by atoms with Crippen LogP contribution < -0.4 is 10.6 Å². The van der Waals surface area contributed by atoms with E-state index in [0.29, 0.717) is 16.9 Å². The van der Waals surface area contributed by atoms with Crippen molar-refractivity contribution in [3.8, 4) is 0 Å². The lowest BCUT2D eigenvalue weighted by atomic mass is 9.94. The Bertz CT molecular complexity index is 1570. The SMILES string of the molecule is CC1=C(C(=O)Nc2ccc3[nH]ncc3c2)C(c2ccc(Cl)cc2F)N=C(c2ccc(C(F)(F)F)cc2)N1. The van der Waals surface area contributed by atoms with Crippen LogP contribution in [0.4, 0.5) is 23.2 Å². The molecule has 188 valence electrons. The molecule has 6 nitrogen and oxygen atoms in total. The molecule has 1 aliphatic rings. The van der Waals surface area contributed by atoms with E-state index < -0.39 is 29.5 Å². The van der Waals surface area contributed by atoms with E-state index in [9.17, 15) is 18.0 Å². The number of aromatic amines is 1. The third-order valence-corrected chi connectivity index (χ3v) is 6.16. The number of aromatic nitrogens is 2. The fourth-order valence-corrected chi connectivity index (χ4v) is 4.26. The summed E-state index contributed by atoms with van der Waals surface area (Å²) in [5, 5.41) is 13.5. The Morgan fingerprint density at radius 3 is 2.51 bits per heavy atom. The molecule has 3 N–H and O–H groups in total. The quantitative estimate of drug-likeness (QED) is 0.269. The number of fused-ring (bicyclic) bond motifs is 1. The van der Waals surface area contributed by atoms with Gasteiger partial charge in [-0.15, -0.1) is 0 Å². The molecule has 3 aromatic carbocycles. The van der Waals surface area contributed by atoms with Gasteiger partial charge in [0.1, 0.15) is 17.7 Å². The lowest BCUT2D eigenvalue weighted by molar-refractivity contribution is -0.137. The zero-order valence-electron chi connectivity index (χ0n) is 19.1. The summed E-state index contributed by atoms with van der Waals surface area (Å²) in [7, 11) is 0. The van der Waals surface area contributed by atoms with Gasteiger partial charge in [-0.1, -0.05) is 29.8 Å². The van der Waals surface area contributed by atoms with Crippen molar-refractivity contribution in [1.29, 1.82) is 0 Å². The van der Waals surface area contributed by atoms with Crippen molar-refractivity contribution in [1.82, 2.24) is 15.5 Å². The topological polar surface area (TPSA) is 82.2 Å². The number of halogens is 5. The summed E-state index contributed by atoms with van der Waals surface area (Å²) < 4.78 is 54.1. The third-order valence-electron chi connectivity index (χ3n) is 5.93. The standard InChI is InChI=1S/C26H18ClF4N5O/c1-13-22(25(37)34-18-7-9-21-15(10-18)12-32-36-21)23(19-8-6-17(27)11-20(19)28)35-24(33-13)14-2-4-16(5-3-14)26(29,30)31/h2-12,23H,1H3,(H,32,36)(H,33,35)(H,34,37). The van der Waals surface area contributed by atoms with Gasteiger partial charge >= 0.3 is 6.18 Å². The number of H-pyrrole nitrogens is 1. The minimum Gasteiger partial charge on any atom is -0.343 e. The van der Waals surface area contributed by atoms with Crippen LogP contribution in [0.5, 0.6) is 0 Å². The van der Waals surface area contributed by atoms with Crippen molar-refractivity contribution in [2.75, 3.05) is 5.32 Å². The van der Waals surface area contributed by atoms with E-state index in [1.807, 2.05) is 0 Å². The van der Waals surface area contributed by atoms with Gasteiger partial charge in [0.2, 0.25) is 0 Å². The minimum absolute atomic E-state index is 0.0881. The number of alkyl halides is 3. The number of amidine groups is 1. The van der Waals surface area contributed by atoms with E-state index in [-0.39, 0.29) is 22.0 Å². The van der Waals surface area contributed by atoms with Crippen molar-refractivity contribution >= 4 is 39.9 Å². The molecule has 1 aromatic heterocycles. The van der Waals surface area contributed by atoms with Crippen molar-refractivity contribution < 1.29 is 22.4 Å². The normalized spacial score (nSPS) is 15.9. The van der Waals surface area contributed by atoms with Crippen molar-refractivity contribution in [2.24, 2.45) is 4.99 Å². The highest BCUT2D eigenvalue weighted by Crippen LogP contribution is 2.35. The van der Waals surface area contributed by atoms with Gasteiger partial charge in [0.25, 0.3) is 5.91 Å². The molecule has 4 aromatic rings. The number of allylic oxidation sites excluding steroid dienone is 1. The van der Waals surface area contributed by atoms with Crippen LogP contribution in [0, 0.1) is 5.82 Å². The molecule has 0 bridgehead atoms. The maximum Gasteiger partial charge on any atom is 0.416 e. The first-order valence-corrected chi connectivity index (χ1v) is 11.4. The lowest BCUT2D eigenvalue weighted by Gasteiger charge is -2.27. The Kier molecular flexibility index (Phi) is 6.20. The van der Waals surface area contributed by atoms with Crippen LogP contribution in [-0.4, -0.2) is 21.9 Å². The van der Waals surface area contributed by atoms with Crippen LogP contribution in [-0.2, 0) is 11.0 Å². The van der Waals surface area contributed by atoms with Gasteiger partial charge < -0.3 is 10.6 Å². The van der Waals surface area contributed by atoms with Crippen LogP contribution in [0.1, 0.15) is 29.7 Å². The first-order chi connectivity index (χ1) is 17.6. The molecule has 1 unspecified atom stereocenters. The Hall–Kier alpha value is -4.18. The predicted octanol–water partition coefficient (Wildman–Crippen LogP) is 6.38. The van der Waals surface area contributed by atoms with Gasteiger partial charge in [0.15, 0.2) is 0 Å². The minimum atomic E-state index is -4.49. The highest BCUT2D eigenvalue weighted by atomic mass is 35.5. The van der Waals surface area contributed by atoms with Gasteiger partial charge in [-0.05, 0) is 49.4 Å². The second kappa shape index (κ2) is 9.36. The van der Waals surface area contributed by atoms with Gasteiger partial charge in [-0.3, -0.25) is 14.9 Å². The largest absolute Gasteiger partial charge is 0.416 e. The molecule has 0 saturated carbocycles. The molecule has 37 heavy (non-hydrogen) atoms. The smallest absolute Gasteiger partial charge is 0.343 e. The molecular weight excluding hydrogens is 510 g/mol. The molecule has 1 atom stereocenters. The summed E-state index contributed by atoms with van der Waals surface area (Å²) in [6, 6.07) is 12.5. The molecule has 0 radical (unpaired) electrons.